The van der Waals surface area contributed by atoms with Gasteiger partial charge in [0.05, 0.1) is 23.4 Å². The van der Waals surface area contributed by atoms with Crippen molar-refractivity contribution in [2.45, 2.75) is 112 Å². The number of nitrogens with zero attached hydrogens (tertiary/aromatic N) is 1. The van der Waals surface area contributed by atoms with Crippen LogP contribution in [0.15, 0.2) is 0 Å². The van der Waals surface area contributed by atoms with E-state index in [1.165, 1.54) is 0 Å². The summed E-state index contributed by atoms with van der Waals surface area (Å²) < 4.78 is 6.51. The Kier molecular flexibility index (Phi) is 4.82. The standard InChI is InChI=1S/C27H43NO8/c1-12-4-5-17-24(3,33)19-13(11-28(17)10-12)14-9-25-21(26(14,34)22(32)20(19)31)15(29)8-16-23(25,2)7-6-18(30)27(16,35)36-25/h12-22,29-35H,4-11H2,1-3H3/t12-,13+,14-,15-,16-,17+,18+,19-,20+,21+,22+,23+,24-,25+,26+,27-/m1/s1. The third kappa shape index (κ3) is 2.46. The van der Waals surface area contributed by atoms with Crippen LogP contribution < -0.4 is 0 Å². The van der Waals surface area contributed by atoms with E-state index in [-0.39, 0.29) is 18.4 Å². The molecule has 9 nitrogen and oxygen atoms in total. The first kappa shape index (κ1) is 24.7. The highest BCUT2D eigenvalue weighted by molar-refractivity contribution is 5.33. The average Bonchev–Trinajstić information content (AvgIpc) is 3.08. The molecule has 9 heteroatoms. The van der Waals surface area contributed by atoms with Crippen LogP contribution in [0.5, 0.6) is 0 Å². The van der Waals surface area contributed by atoms with Crippen LogP contribution in [0.4, 0.5) is 0 Å². The molecule has 16 atom stereocenters. The maximum absolute atomic E-state index is 12.5. The number of hydrogen-bond acceptors (Lipinski definition) is 9. The Bertz CT molecular complexity index is 964. The van der Waals surface area contributed by atoms with Gasteiger partial charge < -0.3 is 40.5 Å². The fourth-order valence-corrected chi connectivity index (χ4v) is 11.4. The van der Waals surface area contributed by atoms with E-state index in [0.717, 1.165) is 19.4 Å². The molecule has 7 rings (SSSR count). The second-order valence-electron chi connectivity index (χ2n) is 14.2. The van der Waals surface area contributed by atoms with E-state index >= 15 is 0 Å². The van der Waals surface area contributed by atoms with E-state index in [1.54, 1.807) is 6.92 Å². The number of hydrogen-bond donors (Lipinski definition) is 7. The van der Waals surface area contributed by atoms with Gasteiger partial charge in [0.15, 0.2) is 5.79 Å². The molecule has 36 heavy (non-hydrogen) atoms. The molecule has 0 aromatic carbocycles. The minimum atomic E-state index is -1.85. The van der Waals surface area contributed by atoms with Crippen molar-refractivity contribution in [3.63, 3.8) is 0 Å². The molecule has 0 aromatic heterocycles. The predicted octanol–water partition coefficient (Wildman–Crippen LogP) is -0.814. The summed E-state index contributed by atoms with van der Waals surface area (Å²) in [6.07, 6.45) is -1.92. The zero-order valence-electron chi connectivity index (χ0n) is 21.5. The van der Waals surface area contributed by atoms with E-state index in [2.05, 4.69) is 11.8 Å². The molecular formula is C27H43NO8. The topological polar surface area (TPSA) is 154 Å². The maximum atomic E-state index is 12.5. The Hall–Kier alpha value is -0.360. The molecular weight excluding hydrogens is 466 g/mol. The fraction of sp³-hybridized carbons (Fsp3) is 1.00. The Labute approximate surface area is 212 Å². The molecule has 4 bridgehead atoms. The van der Waals surface area contributed by atoms with Gasteiger partial charge in [0.2, 0.25) is 0 Å². The van der Waals surface area contributed by atoms with E-state index < -0.39 is 76.1 Å². The van der Waals surface area contributed by atoms with Crippen molar-refractivity contribution in [3.05, 3.63) is 0 Å². The summed E-state index contributed by atoms with van der Waals surface area (Å²) in [5, 5.41) is 81.4. The SMILES string of the molecule is C[C@@H]1CC[C@@H]2N(C1)C[C@@H]1[C@H]([C@H](O)[C@H](O)[C@]3(O)[C@@H]1C[C@@]14O[C@@]5(O)[C@@H](O)CC[C@@]1(C)[C@H]5C[C@@H](O)[C@H]34)[C@]2(C)O. The first-order valence-corrected chi connectivity index (χ1v) is 14.1. The van der Waals surface area contributed by atoms with Crippen molar-refractivity contribution in [2.75, 3.05) is 13.1 Å². The first-order valence-electron chi connectivity index (χ1n) is 14.1. The summed E-state index contributed by atoms with van der Waals surface area (Å²) in [6.45, 7) is 7.40. The van der Waals surface area contributed by atoms with Crippen LogP contribution in [-0.2, 0) is 4.74 Å². The molecule has 1 spiro atoms. The van der Waals surface area contributed by atoms with Crippen LogP contribution in [-0.4, -0.2) is 107 Å². The van der Waals surface area contributed by atoms with E-state index in [4.69, 9.17) is 4.74 Å². The summed E-state index contributed by atoms with van der Waals surface area (Å²) in [4.78, 5) is 2.30. The highest BCUT2D eigenvalue weighted by atomic mass is 16.7. The number of fused-ring (bicyclic) bond motifs is 5. The molecule has 0 unspecified atom stereocenters. The zero-order valence-corrected chi connectivity index (χ0v) is 21.5. The normalized spacial score (nSPS) is 68.0. The Morgan fingerprint density at radius 1 is 0.944 bits per heavy atom. The molecule has 7 N–H and O–H groups in total. The van der Waals surface area contributed by atoms with Crippen molar-refractivity contribution in [3.8, 4) is 0 Å². The number of rotatable bonds is 0. The molecule has 4 aliphatic carbocycles. The van der Waals surface area contributed by atoms with Crippen LogP contribution in [0.3, 0.4) is 0 Å². The van der Waals surface area contributed by atoms with Gasteiger partial charge in [0.25, 0.3) is 0 Å². The average molecular weight is 510 g/mol. The molecule has 0 radical (unpaired) electrons. The molecule has 7 aliphatic rings. The van der Waals surface area contributed by atoms with Gasteiger partial charge in [-0.2, -0.15) is 0 Å². The van der Waals surface area contributed by atoms with E-state index in [1.807, 2.05) is 6.92 Å². The first-order chi connectivity index (χ1) is 16.7. The monoisotopic (exact) mass is 509 g/mol. The zero-order chi connectivity index (χ0) is 25.8. The van der Waals surface area contributed by atoms with Crippen LogP contribution in [0.1, 0.15) is 59.3 Å². The molecule has 0 aromatic rings. The summed E-state index contributed by atoms with van der Waals surface area (Å²) in [7, 11) is 0. The Morgan fingerprint density at radius 2 is 1.67 bits per heavy atom. The predicted molar refractivity (Wildman–Crippen MR) is 126 cm³/mol. The van der Waals surface area contributed by atoms with Crippen molar-refractivity contribution in [1.82, 2.24) is 4.90 Å². The lowest BCUT2D eigenvalue weighted by atomic mass is 9.49. The summed E-state index contributed by atoms with van der Waals surface area (Å²) >= 11 is 0. The Balaban J connectivity index is 1.37. The fourth-order valence-electron chi connectivity index (χ4n) is 11.4. The largest absolute Gasteiger partial charge is 0.393 e. The lowest BCUT2D eigenvalue weighted by molar-refractivity contribution is -0.295. The second-order valence-corrected chi connectivity index (χ2v) is 14.2. The Morgan fingerprint density at radius 3 is 2.39 bits per heavy atom. The highest BCUT2D eigenvalue weighted by Gasteiger charge is 2.86. The van der Waals surface area contributed by atoms with Gasteiger partial charge >= 0.3 is 0 Å². The molecule has 3 heterocycles. The lowest BCUT2D eigenvalue weighted by Crippen LogP contribution is -2.76. The van der Waals surface area contributed by atoms with Crippen molar-refractivity contribution in [1.29, 1.82) is 0 Å². The van der Waals surface area contributed by atoms with Crippen LogP contribution in [0, 0.1) is 40.9 Å². The van der Waals surface area contributed by atoms with Crippen molar-refractivity contribution < 1.29 is 40.5 Å². The van der Waals surface area contributed by atoms with Crippen molar-refractivity contribution in [2.24, 2.45) is 40.9 Å². The number of piperidine rings is 2. The van der Waals surface area contributed by atoms with Gasteiger partial charge in [-0.3, -0.25) is 4.90 Å². The molecule has 3 saturated heterocycles. The van der Waals surface area contributed by atoms with Crippen LogP contribution >= 0.6 is 0 Å². The summed E-state index contributed by atoms with van der Waals surface area (Å²) in [5.74, 6) is -4.29. The van der Waals surface area contributed by atoms with Crippen LogP contribution in [0.2, 0.25) is 0 Å². The van der Waals surface area contributed by atoms with Gasteiger partial charge in [0.1, 0.15) is 17.8 Å². The minimum absolute atomic E-state index is 0.130. The molecule has 0 amide bonds. The van der Waals surface area contributed by atoms with E-state index in [0.29, 0.717) is 31.7 Å². The van der Waals surface area contributed by atoms with Crippen LogP contribution in [0.25, 0.3) is 0 Å². The van der Waals surface area contributed by atoms with E-state index in [9.17, 15) is 35.7 Å². The highest BCUT2D eigenvalue weighted by Crippen LogP contribution is 2.76. The number of aliphatic hydroxyl groups is 7. The minimum Gasteiger partial charge on any atom is -0.393 e. The van der Waals surface area contributed by atoms with Gasteiger partial charge in [-0.1, -0.05) is 13.8 Å². The van der Waals surface area contributed by atoms with Crippen molar-refractivity contribution >= 4 is 0 Å². The smallest absolute Gasteiger partial charge is 0.196 e. The molecule has 4 saturated carbocycles. The summed E-state index contributed by atoms with van der Waals surface area (Å²) in [5.41, 5.74) is -4.88. The second kappa shape index (κ2) is 7.04. The third-order valence-corrected chi connectivity index (χ3v) is 12.8. The maximum Gasteiger partial charge on any atom is 0.196 e. The molecule has 204 valence electrons. The van der Waals surface area contributed by atoms with Gasteiger partial charge in [-0.15, -0.1) is 0 Å². The third-order valence-electron chi connectivity index (χ3n) is 12.8. The van der Waals surface area contributed by atoms with Gasteiger partial charge in [0, 0.05) is 42.3 Å². The number of aliphatic hydroxyl groups excluding tert-OH is 4. The quantitative estimate of drug-likeness (QED) is 0.222. The molecule has 7 fully saturated rings. The molecule has 3 aliphatic heterocycles. The van der Waals surface area contributed by atoms with Gasteiger partial charge in [-0.25, -0.2) is 0 Å². The lowest BCUT2D eigenvalue weighted by Gasteiger charge is -2.63. The number of ether oxygens (including phenoxy) is 1. The van der Waals surface area contributed by atoms with Gasteiger partial charge in [-0.05, 0) is 63.2 Å². The summed E-state index contributed by atoms with van der Waals surface area (Å²) in [6, 6.07) is -0.130.